The molecule has 2 heterocycles. The summed E-state index contributed by atoms with van der Waals surface area (Å²) in [4.78, 5) is 13.9. The lowest BCUT2D eigenvalue weighted by molar-refractivity contribution is 0.249. The molecule has 0 saturated carbocycles. The second kappa shape index (κ2) is 6.35. The normalized spacial score (nSPS) is 23.0. The van der Waals surface area contributed by atoms with E-state index in [-0.39, 0.29) is 23.4 Å². The number of halogens is 1. The van der Waals surface area contributed by atoms with E-state index in [1.807, 2.05) is 4.90 Å². The SMILES string of the molecule is O=C(Nc1ccc(N2CCCC2)c(F)c1)NC1CCS(=O)(=O)C1. The van der Waals surface area contributed by atoms with Crippen LogP contribution in [0.2, 0.25) is 0 Å². The van der Waals surface area contributed by atoms with Gasteiger partial charge in [-0.3, -0.25) is 0 Å². The number of sulfone groups is 1. The number of carbonyl (C=O) groups is 1. The molecule has 0 spiro atoms. The van der Waals surface area contributed by atoms with Crippen molar-refractivity contribution in [2.24, 2.45) is 0 Å². The molecule has 3 rings (SSSR count). The molecule has 2 saturated heterocycles. The maximum atomic E-state index is 14.2. The van der Waals surface area contributed by atoms with Crippen molar-refractivity contribution in [3.05, 3.63) is 24.0 Å². The van der Waals surface area contributed by atoms with E-state index in [4.69, 9.17) is 0 Å². The fourth-order valence-corrected chi connectivity index (χ4v) is 4.73. The number of benzene rings is 1. The molecule has 2 aliphatic rings. The van der Waals surface area contributed by atoms with Crippen LogP contribution in [0.3, 0.4) is 0 Å². The molecular formula is C15H20FN3O3S. The zero-order valence-electron chi connectivity index (χ0n) is 12.7. The fourth-order valence-electron chi connectivity index (χ4n) is 3.06. The highest BCUT2D eigenvalue weighted by atomic mass is 32.2. The summed E-state index contributed by atoms with van der Waals surface area (Å²) in [5.74, 6) is -0.312. The number of nitrogens with one attached hydrogen (secondary N) is 2. The Morgan fingerprint density at radius 1 is 1.26 bits per heavy atom. The highest BCUT2D eigenvalue weighted by molar-refractivity contribution is 7.91. The lowest BCUT2D eigenvalue weighted by Crippen LogP contribution is -2.38. The Morgan fingerprint density at radius 2 is 2.00 bits per heavy atom. The second-order valence-electron chi connectivity index (χ2n) is 6.06. The van der Waals surface area contributed by atoms with Gasteiger partial charge in [-0.15, -0.1) is 0 Å². The molecule has 1 aromatic carbocycles. The minimum absolute atomic E-state index is 0.0390. The van der Waals surface area contributed by atoms with Crippen LogP contribution in [0, 0.1) is 5.82 Å². The number of amides is 2. The number of hydrogen-bond acceptors (Lipinski definition) is 4. The Labute approximate surface area is 135 Å². The smallest absolute Gasteiger partial charge is 0.319 e. The van der Waals surface area contributed by atoms with Crippen LogP contribution in [0.15, 0.2) is 18.2 Å². The first-order valence-electron chi connectivity index (χ1n) is 7.75. The van der Waals surface area contributed by atoms with Crippen LogP contribution in [0.5, 0.6) is 0 Å². The van der Waals surface area contributed by atoms with Crippen LogP contribution in [-0.4, -0.2) is 45.1 Å². The van der Waals surface area contributed by atoms with E-state index in [0.717, 1.165) is 25.9 Å². The average Bonchev–Trinajstić information content (AvgIpc) is 3.08. The molecule has 0 bridgehead atoms. The van der Waals surface area contributed by atoms with Gasteiger partial charge in [0.1, 0.15) is 5.82 Å². The molecule has 1 unspecified atom stereocenters. The summed E-state index contributed by atoms with van der Waals surface area (Å²) in [6, 6.07) is 3.71. The zero-order chi connectivity index (χ0) is 16.4. The Hall–Kier alpha value is -1.83. The largest absolute Gasteiger partial charge is 0.369 e. The van der Waals surface area contributed by atoms with Gasteiger partial charge in [-0.1, -0.05) is 0 Å². The molecular weight excluding hydrogens is 321 g/mol. The molecule has 1 atom stereocenters. The third-order valence-corrected chi connectivity index (χ3v) is 5.99. The first-order chi connectivity index (χ1) is 10.9. The van der Waals surface area contributed by atoms with Crippen LogP contribution in [0.1, 0.15) is 19.3 Å². The summed E-state index contributed by atoms with van der Waals surface area (Å²) in [6.45, 7) is 1.70. The number of anilines is 2. The minimum atomic E-state index is -3.04. The van der Waals surface area contributed by atoms with E-state index in [2.05, 4.69) is 10.6 Å². The number of rotatable bonds is 3. The first-order valence-corrected chi connectivity index (χ1v) is 9.57. The van der Waals surface area contributed by atoms with Crippen molar-refractivity contribution in [2.75, 3.05) is 34.8 Å². The number of carbonyl (C=O) groups excluding carboxylic acids is 1. The van der Waals surface area contributed by atoms with Crippen molar-refractivity contribution in [1.82, 2.24) is 5.32 Å². The van der Waals surface area contributed by atoms with Crippen molar-refractivity contribution in [3.63, 3.8) is 0 Å². The quantitative estimate of drug-likeness (QED) is 0.878. The maximum absolute atomic E-state index is 14.2. The van der Waals surface area contributed by atoms with Gasteiger partial charge in [0.25, 0.3) is 0 Å². The van der Waals surface area contributed by atoms with Gasteiger partial charge in [0, 0.05) is 24.8 Å². The highest BCUT2D eigenvalue weighted by Gasteiger charge is 2.29. The summed E-state index contributed by atoms with van der Waals surface area (Å²) in [6.07, 6.45) is 2.54. The number of nitrogens with zero attached hydrogens (tertiary/aromatic N) is 1. The predicted molar refractivity (Wildman–Crippen MR) is 87.1 cm³/mol. The van der Waals surface area contributed by atoms with E-state index in [0.29, 0.717) is 17.8 Å². The van der Waals surface area contributed by atoms with Gasteiger partial charge in [0.2, 0.25) is 0 Å². The molecule has 2 N–H and O–H groups in total. The third-order valence-electron chi connectivity index (χ3n) is 4.22. The Bertz CT molecular complexity index is 702. The minimum Gasteiger partial charge on any atom is -0.369 e. The molecule has 2 aliphatic heterocycles. The van der Waals surface area contributed by atoms with Crippen molar-refractivity contribution in [2.45, 2.75) is 25.3 Å². The topological polar surface area (TPSA) is 78.5 Å². The molecule has 1 aromatic rings. The predicted octanol–water partition coefficient (Wildman–Crippen LogP) is 1.73. The average molecular weight is 341 g/mol. The molecule has 2 fully saturated rings. The van der Waals surface area contributed by atoms with E-state index < -0.39 is 15.9 Å². The van der Waals surface area contributed by atoms with Crippen LogP contribution in [-0.2, 0) is 9.84 Å². The molecule has 126 valence electrons. The zero-order valence-corrected chi connectivity index (χ0v) is 13.5. The van der Waals surface area contributed by atoms with Crippen molar-refractivity contribution < 1.29 is 17.6 Å². The molecule has 8 heteroatoms. The van der Waals surface area contributed by atoms with Gasteiger partial charge in [0.15, 0.2) is 9.84 Å². The summed E-state index contributed by atoms with van der Waals surface area (Å²) >= 11 is 0. The Morgan fingerprint density at radius 3 is 2.61 bits per heavy atom. The number of urea groups is 1. The van der Waals surface area contributed by atoms with E-state index in [1.54, 1.807) is 12.1 Å². The first kappa shape index (κ1) is 16.0. The monoisotopic (exact) mass is 341 g/mol. The Balaban J connectivity index is 1.59. The van der Waals surface area contributed by atoms with Crippen LogP contribution >= 0.6 is 0 Å². The lowest BCUT2D eigenvalue weighted by Gasteiger charge is -2.19. The van der Waals surface area contributed by atoms with Crippen molar-refractivity contribution >= 4 is 27.2 Å². The highest BCUT2D eigenvalue weighted by Crippen LogP contribution is 2.26. The summed E-state index contributed by atoms with van der Waals surface area (Å²) < 4.78 is 36.9. The molecule has 6 nitrogen and oxygen atoms in total. The molecule has 2 amide bonds. The summed E-state index contributed by atoms with van der Waals surface area (Å²) in [5, 5.41) is 5.16. The van der Waals surface area contributed by atoms with Gasteiger partial charge in [-0.2, -0.15) is 0 Å². The maximum Gasteiger partial charge on any atom is 0.319 e. The van der Waals surface area contributed by atoms with Gasteiger partial charge in [-0.25, -0.2) is 17.6 Å². The van der Waals surface area contributed by atoms with Gasteiger partial charge >= 0.3 is 6.03 Å². The van der Waals surface area contributed by atoms with Gasteiger partial charge in [-0.05, 0) is 37.5 Å². The van der Waals surface area contributed by atoms with Crippen LogP contribution < -0.4 is 15.5 Å². The van der Waals surface area contributed by atoms with Gasteiger partial charge < -0.3 is 15.5 Å². The van der Waals surface area contributed by atoms with E-state index in [1.165, 1.54) is 6.07 Å². The molecule has 23 heavy (non-hydrogen) atoms. The van der Waals surface area contributed by atoms with Gasteiger partial charge in [0.05, 0.1) is 17.2 Å². The number of hydrogen-bond donors (Lipinski definition) is 2. The van der Waals surface area contributed by atoms with E-state index in [9.17, 15) is 17.6 Å². The van der Waals surface area contributed by atoms with Crippen LogP contribution in [0.25, 0.3) is 0 Å². The lowest BCUT2D eigenvalue weighted by atomic mass is 10.2. The third kappa shape index (κ3) is 3.93. The fraction of sp³-hybridized carbons (Fsp3) is 0.533. The molecule has 0 radical (unpaired) electrons. The summed E-state index contributed by atoms with van der Waals surface area (Å²) in [5.41, 5.74) is 0.902. The molecule has 0 aromatic heterocycles. The van der Waals surface area contributed by atoms with Crippen molar-refractivity contribution in [1.29, 1.82) is 0 Å². The van der Waals surface area contributed by atoms with E-state index >= 15 is 0 Å². The van der Waals surface area contributed by atoms with Crippen molar-refractivity contribution in [3.8, 4) is 0 Å². The summed E-state index contributed by atoms with van der Waals surface area (Å²) in [7, 11) is -3.04. The molecule has 0 aliphatic carbocycles. The Kier molecular flexibility index (Phi) is 4.43. The van der Waals surface area contributed by atoms with Crippen LogP contribution in [0.4, 0.5) is 20.6 Å². The standard InChI is InChI=1S/C15H20FN3O3S/c16-13-9-11(3-4-14(13)19-6-1-2-7-19)17-15(20)18-12-5-8-23(21,22)10-12/h3-4,9,12H,1-2,5-8,10H2,(H2,17,18,20). The second-order valence-corrected chi connectivity index (χ2v) is 8.29.